The molecule has 1 aromatic carbocycles. The number of halogens is 4. The van der Waals surface area contributed by atoms with E-state index in [9.17, 15) is 13.2 Å². The maximum Gasteiger partial charge on any atom is 0.417 e. The lowest BCUT2D eigenvalue weighted by molar-refractivity contribution is -0.137. The molecule has 0 aliphatic heterocycles. The van der Waals surface area contributed by atoms with Crippen molar-refractivity contribution in [1.29, 1.82) is 0 Å². The first-order chi connectivity index (χ1) is 9.36. The summed E-state index contributed by atoms with van der Waals surface area (Å²) < 4.78 is 37.2. The zero-order chi connectivity index (χ0) is 14.8. The number of nitrogens with zero attached hydrogens (tertiary/aromatic N) is 1. The van der Waals surface area contributed by atoms with Crippen LogP contribution in [0.3, 0.4) is 0 Å². The molecule has 0 fully saturated rings. The number of pyridine rings is 1. The van der Waals surface area contributed by atoms with Gasteiger partial charge in [0, 0.05) is 17.3 Å². The summed E-state index contributed by atoms with van der Waals surface area (Å²) in [5.41, 5.74) is 0.164. The molecule has 0 saturated carbocycles. The van der Waals surface area contributed by atoms with Gasteiger partial charge in [-0.3, -0.25) is 0 Å². The highest BCUT2D eigenvalue weighted by Crippen LogP contribution is 2.29. The summed E-state index contributed by atoms with van der Waals surface area (Å²) >= 11 is 5.89. The predicted molar refractivity (Wildman–Crippen MR) is 72.7 cm³/mol. The molecule has 2 rings (SSSR count). The Bertz CT molecular complexity index is 582. The topological polar surface area (TPSA) is 24.9 Å². The Morgan fingerprint density at radius 1 is 1.20 bits per heavy atom. The van der Waals surface area contributed by atoms with Crippen LogP contribution < -0.4 is 5.32 Å². The minimum Gasteiger partial charge on any atom is -0.364 e. The van der Waals surface area contributed by atoms with E-state index in [0.29, 0.717) is 10.8 Å². The van der Waals surface area contributed by atoms with Crippen molar-refractivity contribution in [3.63, 3.8) is 0 Å². The van der Waals surface area contributed by atoms with Gasteiger partial charge in [-0.05, 0) is 36.8 Å². The third-order valence-electron chi connectivity index (χ3n) is 2.80. The molecule has 1 aromatic heterocycles. The fraction of sp³-hybridized carbons (Fsp3) is 0.214. The predicted octanol–water partition coefficient (Wildman–Crippen LogP) is 4.93. The lowest BCUT2D eigenvalue weighted by Gasteiger charge is -2.15. The van der Waals surface area contributed by atoms with E-state index < -0.39 is 11.7 Å². The maximum atomic E-state index is 12.4. The number of aromatic nitrogens is 1. The van der Waals surface area contributed by atoms with Gasteiger partial charge in [-0.15, -0.1) is 0 Å². The molecule has 0 aliphatic carbocycles. The molecule has 0 bridgehead atoms. The summed E-state index contributed by atoms with van der Waals surface area (Å²) in [6, 6.07) is 9.45. The van der Waals surface area contributed by atoms with E-state index in [-0.39, 0.29) is 6.04 Å². The monoisotopic (exact) mass is 300 g/mol. The van der Waals surface area contributed by atoms with Crippen LogP contribution in [0.2, 0.25) is 5.02 Å². The second-order valence-corrected chi connectivity index (χ2v) is 4.79. The first-order valence-corrected chi connectivity index (χ1v) is 6.29. The van der Waals surface area contributed by atoms with E-state index in [1.54, 1.807) is 12.1 Å². The minimum absolute atomic E-state index is 0.113. The summed E-state index contributed by atoms with van der Waals surface area (Å²) in [5.74, 6) is 0.380. The molecule has 1 atom stereocenters. The Kier molecular flexibility index (Phi) is 4.18. The van der Waals surface area contributed by atoms with Gasteiger partial charge < -0.3 is 5.32 Å². The van der Waals surface area contributed by atoms with Crippen LogP contribution in [0.25, 0.3) is 0 Å². The van der Waals surface area contributed by atoms with Crippen molar-refractivity contribution >= 4 is 17.4 Å². The van der Waals surface area contributed by atoms with Crippen LogP contribution in [0.1, 0.15) is 24.1 Å². The lowest BCUT2D eigenvalue weighted by Crippen LogP contribution is -2.10. The Balaban J connectivity index is 2.10. The van der Waals surface area contributed by atoms with Gasteiger partial charge in [0.05, 0.1) is 5.56 Å². The molecule has 6 heteroatoms. The summed E-state index contributed by atoms with van der Waals surface area (Å²) in [4.78, 5) is 3.77. The van der Waals surface area contributed by atoms with E-state index in [1.807, 2.05) is 19.1 Å². The Hall–Kier alpha value is -1.75. The summed E-state index contributed by atoms with van der Waals surface area (Å²) in [5, 5.41) is 3.63. The fourth-order valence-electron chi connectivity index (χ4n) is 1.73. The van der Waals surface area contributed by atoms with Gasteiger partial charge in [0.2, 0.25) is 0 Å². The third-order valence-corrected chi connectivity index (χ3v) is 3.04. The second-order valence-electron chi connectivity index (χ2n) is 4.35. The van der Waals surface area contributed by atoms with Crippen LogP contribution in [0.15, 0.2) is 42.6 Å². The standard InChI is InChI=1S/C14H12ClF3N2/c1-9(10-3-2-4-12(15)7-10)20-13-6-5-11(8-19-13)14(16,17)18/h2-9H,1H3,(H,19,20). The molecular formula is C14H12ClF3N2. The maximum absolute atomic E-state index is 12.4. The van der Waals surface area contributed by atoms with Crippen molar-refractivity contribution in [2.24, 2.45) is 0 Å². The third kappa shape index (κ3) is 3.63. The average Bonchev–Trinajstić information content (AvgIpc) is 2.38. The number of rotatable bonds is 3. The number of benzene rings is 1. The van der Waals surface area contributed by atoms with Gasteiger partial charge in [0.15, 0.2) is 0 Å². The number of hydrogen-bond acceptors (Lipinski definition) is 2. The van der Waals surface area contributed by atoms with Gasteiger partial charge in [-0.1, -0.05) is 23.7 Å². The smallest absolute Gasteiger partial charge is 0.364 e. The second kappa shape index (κ2) is 5.71. The Labute approximate surface area is 119 Å². The molecule has 1 heterocycles. The van der Waals surface area contributed by atoms with Crippen LogP contribution in [0.5, 0.6) is 0 Å². The van der Waals surface area contributed by atoms with E-state index in [2.05, 4.69) is 10.3 Å². The Morgan fingerprint density at radius 3 is 2.50 bits per heavy atom. The van der Waals surface area contributed by atoms with Crippen LogP contribution in [-0.4, -0.2) is 4.98 Å². The molecular weight excluding hydrogens is 289 g/mol. The summed E-state index contributed by atoms with van der Waals surface area (Å²) in [7, 11) is 0. The number of nitrogens with one attached hydrogen (secondary N) is 1. The zero-order valence-corrected chi connectivity index (χ0v) is 11.3. The lowest BCUT2D eigenvalue weighted by atomic mass is 10.1. The minimum atomic E-state index is -4.37. The van der Waals surface area contributed by atoms with Crippen molar-refractivity contribution in [3.8, 4) is 0 Å². The van der Waals surface area contributed by atoms with Crippen molar-refractivity contribution in [3.05, 3.63) is 58.7 Å². The van der Waals surface area contributed by atoms with Gasteiger partial charge in [0.25, 0.3) is 0 Å². The zero-order valence-electron chi connectivity index (χ0n) is 10.6. The SMILES string of the molecule is CC(Nc1ccc(C(F)(F)F)cn1)c1cccc(Cl)c1. The molecule has 0 amide bonds. The first kappa shape index (κ1) is 14.7. The van der Waals surface area contributed by atoms with Crippen LogP contribution in [-0.2, 0) is 6.18 Å². The summed E-state index contributed by atoms with van der Waals surface area (Å²) in [6.07, 6.45) is -3.56. The molecule has 0 saturated heterocycles. The number of hydrogen-bond donors (Lipinski definition) is 1. The first-order valence-electron chi connectivity index (χ1n) is 5.91. The fourth-order valence-corrected chi connectivity index (χ4v) is 1.93. The molecule has 2 nitrogen and oxygen atoms in total. The van der Waals surface area contributed by atoms with E-state index in [0.717, 1.165) is 17.8 Å². The molecule has 106 valence electrons. The van der Waals surface area contributed by atoms with Gasteiger partial charge in [-0.25, -0.2) is 4.98 Å². The van der Waals surface area contributed by atoms with Crippen LogP contribution >= 0.6 is 11.6 Å². The van der Waals surface area contributed by atoms with E-state index in [1.165, 1.54) is 6.07 Å². The highest BCUT2D eigenvalue weighted by molar-refractivity contribution is 6.30. The molecule has 0 spiro atoms. The molecule has 0 aliphatic rings. The highest BCUT2D eigenvalue weighted by Gasteiger charge is 2.30. The molecule has 2 aromatic rings. The largest absolute Gasteiger partial charge is 0.417 e. The van der Waals surface area contributed by atoms with Crippen LogP contribution in [0.4, 0.5) is 19.0 Å². The quantitative estimate of drug-likeness (QED) is 0.869. The molecule has 0 radical (unpaired) electrons. The van der Waals surface area contributed by atoms with E-state index in [4.69, 9.17) is 11.6 Å². The molecule has 1 N–H and O–H groups in total. The van der Waals surface area contributed by atoms with Gasteiger partial charge in [-0.2, -0.15) is 13.2 Å². The molecule has 1 unspecified atom stereocenters. The highest BCUT2D eigenvalue weighted by atomic mass is 35.5. The average molecular weight is 301 g/mol. The van der Waals surface area contributed by atoms with Crippen molar-refractivity contribution < 1.29 is 13.2 Å². The molecule has 20 heavy (non-hydrogen) atoms. The number of anilines is 1. The summed E-state index contributed by atoms with van der Waals surface area (Å²) in [6.45, 7) is 1.88. The van der Waals surface area contributed by atoms with Crippen molar-refractivity contribution in [2.75, 3.05) is 5.32 Å². The van der Waals surface area contributed by atoms with Gasteiger partial charge >= 0.3 is 6.18 Å². The van der Waals surface area contributed by atoms with Gasteiger partial charge in [0.1, 0.15) is 5.82 Å². The van der Waals surface area contributed by atoms with Crippen molar-refractivity contribution in [2.45, 2.75) is 19.1 Å². The Morgan fingerprint density at radius 2 is 1.95 bits per heavy atom. The normalized spacial score (nSPS) is 13.1. The van der Waals surface area contributed by atoms with Crippen molar-refractivity contribution in [1.82, 2.24) is 4.98 Å². The number of alkyl halides is 3. The van der Waals surface area contributed by atoms with Crippen LogP contribution in [0, 0.1) is 0 Å². The van der Waals surface area contributed by atoms with E-state index >= 15 is 0 Å².